The molecular formula is C76H139NO13. The molecule has 9 N–H and O–H groups in total. The first kappa shape index (κ1) is 83.8. The molecule has 12 unspecified atom stereocenters. The Morgan fingerprint density at radius 2 is 0.744 bits per heavy atom. The molecule has 526 valence electrons. The lowest BCUT2D eigenvalue weighted by Gasteiger charge is -2.46. The highest BCUT2D eigenvalue weighted by Gasteiger charge is 2.51. The van der Waals surface area contributed by atoms with Crippen LogP contribution in [0.1, 0.15) is 322 Å². The Labute approximate surface area is 549 Å². The van der Waals surface area contributed by atoms with Crippen molar-refractivity contribution in [1.82, 2.24) is 5.32 Å². The number of amides is 1. The fraction of sp³-hybridized carbons (Fsp3) is 0.855. The molecule has 1 amide bonds. The summed E-state index contributed by atoms with van der Waals surface area (Å²) in [6.45, 7) is 2.79. The Morgan fingerprint density at radius 1 is 0.400 bits per heavy atom. The normalized spacial score (nSPS) is 23.2. The smallest absolute Gasteiger partial charge is 0.220 e. The molecular weight excluding hydrogens is 1130 g/mol. The minimum absolute atomic E-state index is 0.249. The number of hydrogen-bond donors (Lipinski definition) is 9. The zero-order chi connectivity index (χ0) is 65.2. The van der Waals surface area contributed by atoms with Gasteiger partial charge in [-0.05, 0) is 77.0 Å². The molecule has 0 saturated carbocycles. The first-order valence-corrected chi connectivity index (χ1v) is 37.5. The topological polar surface area (TPSA) is 228 Å². The summed E-state index contributed by atoms with van der Waals surface area (Å²) >= 11 is 0. The van der Waals surface area contributed by atoms with Gasteiger partial charge in [0.2, 0.25) is 5.91 Å². The van der Waals surface area contributed by atoms with E-state index in [9.17, 15) is 45.6 Å². The summed E-state index contributed by atoms with van der Waals surface area (Å²) in [5.74, 6) is -0.249. The Morgan fingerprint density at radius 3 is 1.16 bits per heavy atom. The molecule has 0 radical (unpaired) electrons. The van der Waals surface area contributed by atoms with Crippen molar-refractivity contribution in [3.8, 4) is 0 Å². The van der Waals surface area contributed by atoms with E-state index in [4.69, 9.17) is 18.9 Å². The summed E-state index contributed by atoms with van der Waals surface area (Å²) in [4.78, 5) is 13.3. The first-order valence-electron chi connectivity index (χ1n) is 37.5. The van der Waals surface area contributed by atoms with Crippen molar-refractivity contribution in [3.05, 3.63) is 60.8 Å². The van der Waals surface area contributed by atoms with Crippen molar-refractivity contribution in [2.45, 2.75) is 396 Å². The summed E-state index contributed by atoms with van der Waals surface area (Å²) in [5, 5.41) is 87.4. The van der Waals surface area contributed by atoms with Crippen molar-refractivity contribution >= 4 is 5.91 Å². The van der Waals surface area contributed by atoms with Gasteiger partial charge in [0.25, 0.3) is 0 Å². The second-order valence-corrected chi connectivity index (χ2v) is 26.4. The minimum atomic E-state index is -1.79. The third kappa shape index (κ3) is 43.6. The van der Waals surface area contributed by atoms with E-state index in [1.54, 1.807) is 6.08 Å². The SMILES string of the molecule is CCCCCCC/C=C\C/C=C\CCCCCCCCCCCCCCCCCCCCCCCCCCCC(=O)NC(COC1OC(CO)C(OC2OC(CO)C(O)C(O)C2O)C(O)C1O)C(O)/C=C/CC/C=C/CC/C=C/CCCCCCCCCCC. The Hall–Kier alpha value is -2.31. The van der Waals surface area contributed by atoms with E-state index >= 15 is 0 Å². The van der Waals surface area contributed by atoms with Crippen LogP contribution in [0.5, 0.6) is 0 Å². The molecule has 0 spiro atoms. The number of rotatable bonds is 62. The highest BCUT2D eigenvalue weighted by molar-refractivity contribution is 5.76. The molecule has 14 heteroatoms. The number of allylic oxidation sites excluding steroid dienone is 9. The number of aliphatic hydroxyl groups excluding tert-OH is 8. The summed E-state index contributed by atoms with van der Waals surface area (Å²) in [6, 6.07) is -0.939. The average molecular weight is 1270 g/mol. The van der Waals surface area contributed by atoms with E-state index < -0.39 is 86.8 Å². The van der Waals surface area contributed by atoms with Gasteiger partial charge in [0.05, 0.1) is 32.0 Å². The minimum Gasteiger partial charge on any atom is -0.394 e. The molecule has 90 heavy (non-hydrogen) atoms. The van der Waals surface area contributed by atoms with E-state index in [0.29, 0.717) is 12.8 Å². The molecule has 2 fully saturated rings. The van der Waals surface area contributed by atoms with Crippen LogP contribution in [0, 0.1) is 0 Å². The quantitative estimate of drug-likeness (QED) is 0.0204. The van der Waals surface area contributed by atoms with Crippen LogP contribution in [0.15, 0.2) is 60.8 Å². The van der Waals surface area contributed by atoms with E-state index in [-0.39, 0.29) is 18.9 Å². The number of carbonyl (C=O) groups excluding carboxylic acids is 1. The van der Waals surface area contributed by atoms with Crippen LogP contribution in [-0.2, 0) is 23.7 Å². The van der Waals surface area contributed by atoms with Crippen LogP contribution in [-0.4, -0.2) is 140 Å². The van der Waals surface area contributed by atoms with Gasteiger partial charge in [0.15, 0.2) is 12.6 Å². The fourth-order valence-electron chi connectivity index (χ4n) is 12.2. The summed E-state index contributed by atoms with van der Waals surface area (Å²) in [6.07, 6.45) is 64.5. The van der Waals surface area contributed by atoms with E-state index in [0.717, 1.165) is 51.4 Å². The maximum Gasteiger partial charge on any atom is 0.220 e. The van der Waals surface area contributed by atoms with Crippen molar-refractivity contribution in [2.75, 3.05) is 19.8 Å². The summed E-state index contributed by atoms with van der Waals surface area (Å²) in [5.41, 5.74) is 0. The number of nitrogens with one attached hydrogen (secondary N) is 1. The van der Waals surface area contributed by atoms with Crippen molar-refractivity contribution in [2.24, 2.45) is 0 Å². The van der Waals surface area contributed by atoms with Crippen LogP contribution in [0.3, 0.4) is 0 Å². The molecule has 2 aliphatic heterocycles. The number of hydrogen-bond acceptors (Lipinski definition) is 13. The molecule has 0 bridgehead atoms. The Balaban J connectivity index is 1.60. The molecule has 2 saturated heterocycles. The lowest BCUT2D eigenvalue weighted by atomic mass is 9.97. The molecule has 0 aliphatic carbocycles. The van der Waals surface area contributed by atoms with Crippen LogP contribution < -0.4 is 5.32 Å². The van der Waals surface area contributed by atoms with Gasteiger partial charge < -0.3 is 65.1 Å². The molecule has 0 aromatic carbocycles. The van der Waals surface area contributed by atoms with Crippen molar-refractivity contribution in [3.63, 3.8) is 0 Å². The van der Waals surface area contributed by atoms with Gasteiger partial charge in [-0.2, -0.15) is 0 Å². The Bertz CT molecular complexity index is 1740. The number of unbranched alkanes of at least 4 members (excludes halogenated alkanes) is 41. The predicted octanol–water partition coefficient (Wildman–Crippen LogP) is 16.0. The van der Waals surface area contributed by atoms with Gasteiger partial charge in [-0.15, -0.1) is 0 Å². The standard InChI is InChI=1S/C76H139NO13/c1-3-5-7-9-11-13-15-17-19-21-23-24-25-26-27-28-29-30-31-32-33-34-35-36-37-38-39-40-42-44-46-48-50-52-54-56-58-60-68(81)77-64(65(80)59-57-55-53-51-49-47-45-43-41-22-20-18-16-14-12-10-8-6-4-2)63-87-75-73(86)71(84)74(67(62-79)89-75)90-76-72(85)70(83)69(82)66(61-78)88-76/h15,17,21,23,41,43,49,51,57,59,64-67,69-76,78-80,82-86H,3-14,16,18-20,22,24-40,42,44-48,50,52-56,58,60-63H2,1-2H3,(H,77,81)/b17-15-,23-21-,43-41+,51-49+,59-57+. The molecule has 2 rings (SSSR count). The lowest BCUT2D eigenvalue weighted by Crippen LogP contribution is -2.65. The highest BCUT2D eigenvalue weighted by Crippen LogP contribution is 2.30. The highest BCUT2D eigenvalue weighted by atomic mass is 16.7. The second kappa shape index (κ2) is 60.4. The van der Waals surface area contributed by atoms with Crippen LogP contribution in [0.25, 0.3) is 0 Å². The molecule has 0 aromatic rings. The zero-order valence-electron chi connectivity index (χ0n) is 57.4. The predicted molar refractivity (Wildman–Crippen MR) is 369 cm³/mol. The maximum absolute atomic E-state index is 13.3. The molecule has 2 aliphatic rings. The van der Waals surface area contributed by atoms with Crippen LogP contribution in [0.2, 0.25) is 0 Å². The number of aliphatic hydroxyl groups is 8. The summed E-state index contributed by atoms with van der Waals surface area (Å²) < 4.78 is 22.8. The lowest BCUT2D eigenvalue weighted by molar-refractivity contribution is -0.359. The second-order valence-electron chi connectivity index (χ2n) is 26.4. The third-order valence-electron chi connectivity index (χ3n) is 18.2. The summed E-state index contributed by atoms with van der Waals surface area (Å²) in [7, 11) is 0. The molecule has 12 atom stereocenters. The van der Waals surface area contributed by atoms with Gasteiger partial charge in [-0.3, -0.25) is 4.79 Å². The largest absolute Gasteiger partial charge is 0.394 e. The van der Waals surface area contributed by atoms with Gasteiger partial charge in [0.1, 0.15) is 48.8 Å². The third-order valence-corrected chi connectivity index (χ3v) is 18.2. The molecule has 2 heterocycles. The monoisotopic (exact) mass is 1270 g/mol. The Kier molecular flexibility index (Phi) is 56.2. The molecule has 14 nitrogen and oxygen atoms in total. The van der Waals surface area contributed by atoms with Gasteiger partial charge in [0, 0.05) is 6.42 Å². The van der Waals surface area contributed by atoms with Gasteiger partial charge >= 0.3 is 0 Å². The van der Waals surface area contributed by atoms with Gasteiger partial charge in [-0.25, -0.2) is 0 Å². The first-order chi connectivity index (χ1) is 44.1. The number of ether oxygens (including phenoxy) is 4. The zero-order valence-corrected chi connectivity index (χ0v) is 57.4. The average Bonchev–Trinajstić information content (AvgIpc) is 1.58. The van der Waals surface area contributed by atoms with Crippen LogP contribution >= 0.6 is 0 Å². The van der Waals surface area contributed by atoms with Crippen molar-refractivity contribution < 1.29 is 64.6 Å². The molecule has 0 aromatic heterocycles. The maximum atomic E-state index is 13.3. The van der Waals surface area contributed by atoms with E-state index in [1.165, 1.54) is 238 Å². The van der Waals surface area contributed by atoms with Crippen molar-refractivity contribution in [1.29, 1.82) is 0 Å². The van der Waals surface area contributed by atoms with Gasteiger partial charge in [-0.1, -0.05) is 299 Å². The fourth-order valence-corrected chi connectivity index (χ4v) is 12.2. The number of carbonyl (C=O) groups is 1. The van der Waals surface area contributed by atoms with E-state index in [1.807, 2.05) is 6.08 Å². The van der Waals surface area contributed by atoms with Crippen LogP contribution in [0.4, 0.5) is 0 Å². The van der Waals surface area contributed by atoms with E-state index in [2.05, 4.69) is 67.8 Å².